The second-order valence-electron chi connectivity index (χ2n) is 6.52. The highest BCUT2D eigenvalue weighted by Crippen LogP contribution is 2.30. The number of carbonyl (C=O) groups excluding carboxylic acids is 1. The van der Waals surface area contributed by atoms with Crippen LogP contribution in [0.5, 0.6) is 5.75 Å². The molecule has 0 aliphatic rings. The van der Waals surface area contributed by atoms with Gasteiger partial charge in [0.15, 0.2) is 6.61 Å². The van der Waals surface area contributed by atoms with E-state index in [1.54, 1.807) is 13.8 Å². The van der Waals surface area contributed by atoms with Crippen LogP contribution in [0.15, 0.2) is 24.3 Å². The number of carboxylic acids is 1. The standard InChI is InChI=1S/C17H25NO4/c1-11(16(20)21)12(2)18-15(19)10-22-14-9-7-6-8-13(14)17(3,4)5/h6-9,11-12H,10H2,1-5H3,(H,18,19)(H,20,21). The molecule has 0 aromatic heterocycles. The number of amides is 1. The highest BCUT2D eigenvalue weighted by atomic mass is 16.5. The molecule has 0 radical (unpaired) electrons. The number of hydrogen-bond acceptors (Lipinski definition) is 3. The Bertz CT molecular complexity index is 534. The third-order valence-corrected chi connectivity index (χ3v) is 3.58. The van der Waals surface area contributed by atoms with Gasteiger partial charge in [-0.05, 0) is 30.9 Å². The molecule has 1 amide bonds. The number of hydrogen-bond donors (Lipinski definition) is 2. The van der Waals surface area contributed by atoms with Crippen molar-refractivity contribution in [3.63, 3.8) is 0 Å². The fourth-order valence-electron chi connectivity index (χ4n) is 1.99. The Hall–Kier alpha value is -2.04. The van der Waals surface area contributed by atoms with Crippen molar-refractivity contribution in [2.24, 2.45) is 5.92 Å². The Labute approximate surface area is 131 Å². The summed E-state index contributed by atoms with van der Waals surface area (Å²) < 4.78 is 5.61. The first kappa shape index (κ1) is 18.0. The first-order chi connectivity index (χ1) is 10.1. The lowest BCUT2D eigenvalue weighted by Crippen LogP contribution is -2.42. The van der Waals surface area contributed by atoms with Gasteiger partial charge in [0.2, 0.25) is 0 Å². The molecule has 0 heterocycles. The minimum absolute atomic E-state index is 0.0851. The van der Waals surface area contributed by atoms with E-state index < -0.39 is 17.9 Å². The average Bonchev–Trinajstić information content (AvgIpc) is 2.43. The summed E-state index contributed by atoms with van der Waals surface area (Å²) in [5.41, 5.74) is 0.938. The number of carbonyl (C=O) groups is 2. The first-order valence-electron chi connectivity index (χ1n) is 7.37. The van der Waals surface area contributed by atoms with Crippen molar-refractivity contribution in [2.75, 3.05) is 6.61 Å². The predicted molar refractivity (Wildman–Crippen MR) is 85.0 cm³/mol. The zero-order valence-corrected chi connectivity index (χ0v) is 13.8. The van der Waals surface area contributed by atoms with Crippen LogP contribution in [0, 0.1) is 5.92 Å². The molecule has 122 valence electrons. The number of ether oxygens (including phenoxy) is 1. The fraction of sp³-hybridized carbons (Fsp3) is 0.529. The molecule has 0 spiro atoms. The number of carboxylic acid groups (broad SMARTS) is 1. The zero-order chi connectivity index (χ0) is 16.9. The molecule has 1 aromatic rings. The van der Waals surface area contributed by atoms with E-state index in [2.05, 4.69) is 26.1 Å². The molecular formula is C17H25NO4. The van der Waals surface area contributed by atoms with Gasteiger partial charge in [-0.15, -0.1) is 0 Å². The summed E-state index contributed by atoms with van der Waals surface area (Å²) in [5, 5.41) is 11.6. The first-order valence-corrected chi connectivity index (χ1v) is 7.37. The van der Waals surface area contributed by atoms with E-state index in [1.807, 2.05) is 24.3 Å². The second-order valence-corrected chi connectivity index (χ2v) is 6.52. The normalized spacial score (nSPS) is 14.0. The molecule has 0 fully saturated rings. The van der Waals surface area contributed by atoms with E-state index in [-0.39, 0.29) is 17.9 Å². The maximum atomic E-state index is 11.9. The molecule has 0 aliphatic heterocycles. The van der Waals surface area contributed by atoms with Crippen LogP contribution >= 0.6 is 0 Å². The minimum atomic E-state index is -0.938. The van der Waals surface area contributed by atoms with Gasteiger partial charge in [-0.3, -0.25) is 9.59 Å². The van der Waals surface area contributed by atoms with E-state index in [1.165, 1.54) is 0 Å². The predicted octanol–water partition coefficient (Wildman–Crippen LogP) is 2.59. The molecule has 0 saturated heterocycles. The monoisotopic (exact) mass is 307 g/mol. The SMILES string of the molecule is CC(NC(=O)COc1ccccc1C(C)(C)C)C(C)C(=O)O. The number of para-hydroxylation sites is 1. The smallest absolute Gasteiger partial charge is 0.308 e. The van der Waals surface area contributed by atoms with Crippen LogP contribution in [0.4, 0.5) is 0 Å². The summed E-state index contributed by atoms with van der Waals surface area (Å²) in [5.74, 6) is -1.24. The number of benzene rings is 1. The molecule has 22 heavy (non-hydrogen) atoms. The maximum Gasteiger partial charge on any atom is 0.308 e. The van der Waals surface area contributed by atoms with E-state index in [0.29, 0.717) is 5.75 Å². The van der Waals surface area contributed by atoms with Crippen molar-refractivity contribution in [3.8, 4) is 5.75 Å². The van der Waals surface area contributed by atoms with Crippen molar-refractivity contribution in [1.29, 1.82) is 0 Å². The topological polar surface area (TPSA) is 75.6 Å². The number of rotatable bonds is 6. The lowest BCUT2D eigenvalue weighted by Gasteiger charge is -2.23. The lowest BCUT2D eigenvalue weighted by molar-refractivity contribution is -0.142. The van der Waals surface area contributed by atoms with Crippen molar-refractivity contribution in [1.82, 2.24) is 5.32 Å². The van der Waals surface area contributed by atoms with Gasteiger partial charge in [-0.2, -0.15) is 0 Å². The summed E-state index contributed by atoms with van der Waals surface area (Å²) in [7, 11) is 0. The van der Waals surface area contributed by atoms with E-state index in [0.717, 1.165) is 5.56 Å². The fourth-order valence-corrected chi connectivity index (χ4v) is 1.99. The van der Waals surface area contributed by atoms with E-state index >= 15 is 0 Å². The Morgan fingerprint density at radius 2 is 1.82 bits per heavy atom. The average molecular weight is 307 g/mol. The molecule has 2 N–H and O–H groups in total. The quantitative estimate of drug-likeness (QED) is 0.847. The number of aliphatic carboxylic acids is 1. The van der Waals surface area contributed by atoms with Gasteiger partial charge in [0, 0.05) is 6.04 Å². The molecule has 0 aliphatic carbocycles. The van der Waals surface area contributed by atoms with Gasteiger partial charge in [0.05, 0.1) is 5.92 Å². The Morgan fingerprint density at radius 1 is 1.23 bits per heavy atom. The Morgan fingerprint density at radius 3 is 2.36 bits per heavy atom. The zero-order valence-electron chi connectivity index (χ0n) is 13.8. The van der Waals surface area contributed by atoms with Gasteiger partial charge in [0.1, 0.15) is 5.75 Å². The molecule has 1 aromatic carbocycles. The number of nitrogens with one attached hydrogen (secondary N) is 1. The van der Waals surface area contributed by atoms with Gasteiger partial charge in [0.25, 0.3) is 5.91 Å². The lowest BCUT2D eigenvalue weighted by atomic mass is 9.86. The van der Waals surface area contributed by atoms with Crippen molar-refractivity contribution in [2.45, 2.75) is 46.1 Å². The van der Waals surface area contributed by atoms with E-state index in [4.69, 9.17) is 9.84 Å². The van der Waals surface area contributed by atoms with Crippen LogP contribution in [0.2, 0.25) is 0 Å². The summed E-state index contributed by atoms with van der Waals surface area (Å²) >= 11 is 0. The summed E-state index contributed by atoms with van der Waals surface area (Å²) in [6.45, 7) is 9.32. The van der Waals surface area contributed by atoms with Crippen LogP contribution < -0.4 is 10.1 Å². The highest BCUT2D eigenvalue weighted by molar-refractivity contribution is 5.79. The van der Waals surface area contributed by atoms with Crippen molar-refractivity contribution in [3.05, 3.63) is 29.8 Å². The third kappa shape index (κ3) is 5.06. The van der Waals surface area contributed by atoms with Crippen LogP contribution in [0.3, 0.4) is 0 Å². The summed E-state index contributed by atoms with van der Waals surface area (Å²) in [6.07, 6.45) is 0. The van der Waals surface area contributed by atoms with Gasteiger partial charge >= 0.3 is 5.97 Å². The molecule has 5 nitrogen and oxygen atoms in total. The van der Waals surface area contributed by atoms with Crippen molar-refractivity contribution < 1.29 is 19.4 Å². The van der Waals surface area contributed by atoms with Gasteiger partial charge < -0.3 is 15.2 Å². The summed E-state index contributed by atoms with van der Waals surface area (Å²) in [6, 6.07) is 7.15. The third-order valence-electron chi connectivity index (χ3n) is 3.58. The van der Waals surface area contributed by atoms with E-state index in [9.17, 15) is 9.59 Å². The van der Waals surface area contributed by atoms with Gasteiger partial charge in [-0.25, -0.2) is 0 Å². The molecule has 0 saturated carbocycles. The molecule has 0 bridgehead atoms. The van der Waals surface area contributed by atoms with Crippen LogP contribution in [-0.2, 0) is 15.0 Å². The highest BCUT2D eigenvalue weighted by Gasteiger charge is 2.22. The van der Waals surface area contributed by atoms with Gasteiger partial charge in [-0.1, -0.05) is 39.0 Å². The summed E-state index contributed by atoms with van der Waals surface area (Å²) in [4.78, 5) is 22.8. The second kappa shape index (κ2) is 7.29. The maximum absolute atomic E-state index is 11.9. The van der Waals surface area contributed by atoms with Crippen LogP contribution in [0.1, 0.15) is 40.2 Å². The van der Waals surface area contributed by atoms with Crippen LogP contribution in [-0.4, -0.2) is 29.6 Å². The Kier molecular flexibility index (Phi) is 5.97. The minimum Gasteiger partial charge on any atom is -0.483 e. The molecular weight excluding hydrogens is 282 g/mol. The van der Waals surface area contributed by atoms with Crippen LogP contribution in [0.25, 0.3) is 0 Å². The molecule has 5 heteroatoms. The van der Waals surface area contributed by atoms with Crippen molar-refractivity contribution >= 4 is 11.9 Å². The Balaban J connectivity index is 2.64. The largest absolute Gasteiger partial charge is 0.483 e. The molecule has 2 atom stereocenters. The molecule has 2 unspecified atom stereocenters. The molecule has 1 rings (SSSR count).